The second kappa shape index (κ2) is 7.92. The van der Waals surface area contributed by atoms with Gasteiger partial charge in [-0.2, -0.15) is 18.3 Å². The van der Waals surface area contributed by atoms with E-state index in [2.05, 4.69) is 5.10 Å². The SMILES string of the molecule is CCN(CC)C(=O)Cn1c(=O)cc(C(F)(F)F)c2c(C)nn(-c3cccc(F)c3)c21. The number of benzene rings is 1. The lowest BCUT2D eigenvalue weighted by molar-refractivity contribution is -0.136. The largest absolute Gasteiger partial charge is 0.417 e. The molecule has 160 valence electrons. The van der Waals surface area contributed by atoms with Crippen LogP contribution in [0.25, 0.3) is 16.7 Å². The number of aromatic nitrogens is 3. The van der Waals surface area contributed by atoms with Crippen molar-refractivity contribution in [2.24, 2.45) is 0 Å². The molecule has 0 aliphatic heterocycles. The molecule has 0 radical (unpaired) electrons. The standard InChI is InChI=1S/C20H20F4N4O2/c1-4-26(5-2)17(30)11-27-16(29)10-15(20(22,23)24)18-12(3)25-28(19(18)27)14-8-6-7-13(21)9-14/h6-10H,4-5,11H2,1-3H3. The Kier molecular flexibility index (Phi) is 5.69. The smallest absolute Gasteiger partial charge is 0.342 e. The molecule has 6 nitrogen and oxygen atoms in total. The summed E-state index contributed by atoms with van der Waals surface area (Å²) in [7, 11) is 0. The van der Waals surface area contributed by atoms with Crippen molar-refractivity contribution in [3.63, 3.8) is 0 Å². The summed E-state index contributed by atoms with van der Waals surface area (Å²) < 4.78 is 56.8. The summed E-state index contributed by atoms with van der Waals surface area (Å²) in [5.41, 5.74) is -2.21. The summed E-state index contributed by atoms with van der Waals surface area (Å²) >= 11 is 0. The normalized spacial score (nSPS) is 11.8. The number of likely N-dealkylation sites (N-methyl/N-ethyl adjacent to an activating group) is 1. The first kappa shape index (κ1) is 21.5. The van der Waals surface area contributed by atoms with Crippen LogP contribution in [0.2, 0.25) is 0 Å². The molecule has 0 N–H and O–H groups in total. The third-order valence-corrected chi connectivity index (χ3v) is 4.86. The van der Waals surface area contributed by atoms with E-state index in [-0.39, 0.29) is 22.4 Å². The van der Waals surface area contributed by atoms with Crippen LogP contribution in [0.4, 0.5) is 17.6 Å². The highest BCUT2D eigenvalue weighted by Gasteiger charge is 2.36. The van der Waals surface area contributed by atoms with Gasteiger partial charge in [-0.3, -0.25) is 14.2 Å². The van der Waals surface area contributed by atoms with Crippen molar-refractivity contribution < 1.29 is 22.4 Å². The van der Waals surface area contributed by atoms with Gasteiger partial charge in [0.05, 0.1) is 22.3 Å². The number of fused-ring (bicyclic) bond motifs is 1. The molecule has 2 heterocycles. The molecule has 1 aromatic carbocycles. The van der Waals surface area contributed by atoms with Gasteiger partial charge >= 0.3 is 6.18 Å². The molecule has 0 aliphatic rings. The van der Waals surface area contributed by atoms with Gasteiger partial charge in [0.25, 0.3) is 5.56 Å². The Labute approximate surface area is 169 Å². The highest BCUT2D eigenvalue weighted by molar-refractivity contribution is 5.86. The summed E-state index contributed by atoms with van der Waals surface area (Å²) in [4.78, 5) is 26.8. The topological polar surface area (TPSA) is 60.1 Å². The number of rotatable bonds is 5. The van der Waals surface area contributed by atoms with Crippen molar-refractivity contribution in [1.82, 2.24) is 19.2 Å². The molecular formula is C20H20F4N4O2. The molecule has 0 spiro atoms. The van der Waals surface area contributed by atoms with Crippen LogP contribution < -0.4 is 5.56 Å². The Bertz CT molecular complexity index is 1160. The maximum Gasteiger partial charge on any atom is 0.417 e. The van der Waals surface area contributed by atoms with Crippen LogP contribution in [0.3, 0.4) is 0 Å². The zero-order valence-electron chi connectivity index (χ0n) is 16.6. The Balaban J connectivity index is 2.37. The zero-order valence-corrected chi connectivity index (χ0v) is 16.6. The van der Waals surface area contributed by atoms with Crippen LogP contribution in [-0.2, 0) is 17.5 Å². The predicted octanol–water partition coefficient (Wildman–Crippen LogP) is 3.52. The van der Waals surface area contributed by atoms with Gasteiger partial charge in [-0.1, -0.05) is 6.07 Å². The third-order valence-electron chi connectivity index (χ3n) is 4.86. The monoisotopic (exact) mass is 424 g/mol. The van der Waals surface area contributed by atoms with Gasteiger partial charge in [-0.05, 0) is 39.0 Å². The molecule has 10 heteroatoms. The van der Waals surface area contributed by atoms with E-state index < -0.39 is 35.6 Å². The van der Waals surface area contributed by atoms with E-state index in [9.17, 15) is 27.2 Å². The predicted molar refractivity (Wildman–Crippen MR) is 103 cm³/mol. The van der Waals surface area contributed by atoms with Crippen LogP contribution in [0.5, 0.6) is 0 Å². The lowest BCUT2D eigenvalue weighted by atomic mass is 10.1. The first-order chi connectivity index (χ1) is 14.1. The number of pyridine rings is 1. The van der Waals surface area contributed by atoms with Gasteiger partial charge in [0, 0.05) is 19.2 Å². The minimum Gasteiger partial charge on any atom is -0.342 e. The minimum atomic E-state index is -4.81. The molecule has 0 unspecified atom stereocenters. The quantitative estimate of drug-likeness (QED) is 0.589. The van der Waals surface area contributed by atoms with E-state index in [0.29, 0.717) is 19.2 Å². The summed E-state index contributed by atoms with van der Waals surface area (Å²) in [5.74, 6) is -1.04. The highest BCUT2D eigenvalue weighted by atomic mass is 19.4. The van der Waals surface area contributed by atoms with Crippen LogP contribution in [-0.4, -0.2) is 38.2 Å². The summed E-state index contributed by atoms with van der Waals surface area (Å²) in [6.07, 6.45) is -4.81. The number of alkyl halides is 3. The van der Waals surface area contributed by atoms with Gasteiger partial charge in [-0.15, -0.1) is 0 Å². The number of nitrogens with zero attached hydrogens (tertiary/aromatic N) is 4. The van der Waals surface area contributed by atoms with E-state index in [1.165, 1.54) is 30.0 Å². The maximum absolute atomic E-state index is 13.8. The van der Waals surface area contributed by atoms with E-state index in [1.54, 1.807) is 13.8 Å². The fraction of sp³-hybridized carbons (Fsp3) is 0.350. The fourth-order valence-electron chi connectivity index (χ4n) is 3.43. The number of carbonyl (C=O) groups excluding carboxylic acids is 1. The van der Waals surface area contributed by atoms with Crippen LogP contribution >= 0.6 is 0 Å². The second-order valence-electron chi connectivity index (χ2n) is 6.72. The van der Waals surface area contributed by atoms with Gasteiger partial charge in [-0.25, -0.2) is 9.07 Å². The van der Waals surface area contributed by atoms with Crippen LogP contribution in [0.1, 0.15) is 25.1 Å². The average molecular weight is 424 g/mol. The van der Waals surface area contributed by atoms with Crippen molar-refractivity contribution in [1.29, 1.82) is 0 Å². The maximum atomic E-state index is 13.8. The molecule has 0 saturated carbocycles. The van der Waals surface area contributed by atoms with E-state index >= 15 is 0 Å². The van der Waals surface area contributed by atoms with Crippen molar-refractivity contribution in [2.45, 2.75) is 33.5 Å². The molecule has 0 bridgehead atoms. The molecule has 0 aliphatic carbocycles. The first-order valence-electron chi connectivity index (χ1n) is 9.32. The molecule has 0 fully saturated rings. The van der Waals surface area contributed by atoms with E-state index in [1.807, 2.05) is 0 Å². The Hall–Kier alpha value is -3.17. The molecule has 3 aromatic rings. The third kappa shape index (κ3) is 3.81. The molecule has 2 aromatic heterocycles. The molecule has 30 heavy (non-hydrogen) atoms. The Morgan fingerprint density at radius 1 is 1.17 bits per heavy atom. The molecule has 1 amide bonds. The van der Waals surface area contributed by atoms with Crippen LogP contribution in [0, 0.1) is 12.7 Å². The number of amides is 1. The van der Waals surface area contributed by atoms with Crippen molar-refractivity contribution >= 4 is 16.9 Å². The fourth-order valence-corrected chi connectivity index (χ4v) is 3.43. The van der Waals surface area contributed by atoms with Gasteiger partial charge in [0.15, 0.2) is 0 Å². The molecule has 0 atom stereocenters. The summed E-state index contributed by atoms with van der Waals surface area (Å²) in [6, 6.07) is 5.58. The van der Waals surface area contributed by atoms with Gasteiger partial charge in [0.2, 0.25) is 5.91 Å². The summed E-state index contributed by atoms with van der Waals surface area (Å²) in [6.45, 7) is 5.19. The van der Waals surface area contributed by atoms with Gasteiger partial charge in [0.1, 0.15) is 18.0 Å². The van der Waals surface area contributed by atoms with E-state index in [4.69, 9.17) is 0 Å². The lowest BCUT2D eigenvalue weighted by Gasteiger charge is -2.20. The minimum absolute atomic E-state index is 0.00521. The van der Waals surface area contributed by atoms with Crippen molar-refractivity contribution in [3.05, 3.63) is 57.8 Å². The number of halogens is 4. The number of hydrogen-bond donors (Lipinski definition) is 0. The molecule has 3 rings (SSSR count). The Morgan fingerprint density at radius 2 is 1.83 bits per heavy atom. The molecule has 0 saturated heterocycles. The number of aryl methyl sites for hydroxylation is 1. The average Bonchev–Trinajstić information content (AvgIpc) is 3.01. The van der Waals surface area contributed by atoms with Gasteiger partial charge < -0.3 is 4.90 Å². The number of hydrogen-bond acceptors (Lipinski definition) is 3. The lowest BCUT2D eigenvalue weighted by Crippen LogP contribution is -2.37. The number of carbonyl (C=O) groups is 1. The van der Waals surface area contributed by atoms with Crippen molar-refractivity contribution in [2.75, 3.05) is 13.1 Å². The van der Waals surface area contributed by atoms with Crippen LogP contribution in [0.15, 0.2) is 35.1 Å². The molecular weight excluding hydrogens is 404 g/mol. The van der Waals surface area contributed by atoms with Crippen molar-refractivity contribution in [3.8, 4) is 5.69 Å². The zero-order chi connectivity index (χ0) is 22.2. The van der Waals surface area contributed by atoms with E-state index in [0.717, 1.165) is 15.3 Å². The second-order valence-corrected chi connectivity index (χ2v) is 6.72. The summed E-state index contributed by atoms with van der Waals surface area (Å²) in [5, 5.41) is 3.83. The highest BCUT2D eigenvalue weighted by Crippen LogP contribution is 2.36. The first-order valence-corrected chi connectivity index (χ1v) is 9.32. The Morgan fingerprint density at radius 3 is 2.40 bits per heavy atom.